The van der Waals surface area contributed by atoms with Crippen molar-refractivity contribution in [3.63, 3.8) is 0 Å². The van der Waals surface area contributed by atoms with Crippen molar-refractivity contribution in [1.82, 2.24) is 0 Å². The van der Waals surface area contributed by atoms with Gasteiger partial charge in [0.25, 0.3) is 0 Å². The third-order valence-electron chi connectivity index (χ3n) is 1.18. The average Bonchev–Trinajstić information content (AvgIpc) is 1.88. The van der Waals surface area contributed by atoms with Crippen LogP contribution in [0.25, 0.3) is 0 Å². The molecule has 0 unspecified atom stereocenters. The zero-order valence-electron chi connectivity index (χ0n) is 5.49. The first-order valence-electron chi connectivity index (χ1n) is 2.83. The molecule has 0 aliphatic carbocycles. The number of hydrogen-bond donors (Lipinski definition) is 2. The largest absolute Gasteiger partial charge is 1.00 e. The predicted molar refractivity (Wildman–Crippen MR) is 41.9 cm³/mol. The molecule has 0 heterocycles. The molecule has 11 heavy (non-hydrogen) atoms. The molecule has 5 heteroatoms. The van der Waals surface area contributed by atoms with Crippen LogP contribution in [-0.4, -0.2) is 17.2 Å². The van der Waals surface area contributed by atoms with Crippen molar-refractivity contribution in [3.05, 3.63) is 24.3 Å². The summed E-state index contributed by atoms with van der Waals surface area (Å²) in [7, 11) is -1.39. The fourth-order valence-electron chi connectivity index (χ4n) is 0.640. The normalized spacial score (nSPS) is 8.55. The van der Waals surface area contributed by atoms with Crippen LogP contribution in [-0.2, 0) is 35.0 Å². The second-order valence-electron chi connectivity index (χ2n) is 1.94. The fourth-order valence-corrected chi connectivity index (χ4v) is 0.776. The molecule has 0 saturated heterocycles. The van der Waals surface area contributed by atoms with E-state index in [1.807, 2.05) is 0 Å². The smallest absolute Gasteiger partial charge is 0.780 e. The van der Waals surface area contributed by atoms with Crippen LogP contribution in [0.3, 0.4) is 0 Å². The van der Waals surface area contributed by atoms with E-state index in [-0.39, 0.29) is 22.4 Å². The Morgan fingerprint density at radius 2 is 1.55 bits per heavy atom. The first kappa shape index (κ1) is 11.2. The minimum absolute atomic E-state index is 0. The molecule has 2 nitrogen and oxygen atoms in total. The molecule has 62 valence electrons. The maximum absolute atomic E-state index is 8.64. The summed E-state index contributed by atoms with van der Waals surface area (Å²) in [6, 6.07) is 6.49. The summed E-state index contributed by atoms with van der Waals surface area (Å²) >= 11 is 4.79. The number of hydrogen-bond acceptors (Lipinski definition) is 3. The van der Waals surface area contributed by atoms with Gasteiger partial charge in [-0.1, -0.05) is 24.3 Å². The first-order chi connectivity index (χ1) is 4.70. The third kappa shape index (κ3) is 3.38. The summed E-state index contributed by atoms with van der Waals surface area (Å²) in [6.45, 7) is 0. The van der Waals surface area contributed by atoms with Gasteiger partial charge in [0.15, 0.2) is 0 Å². The molecule has 1 rings (SSSR count). The van der Waals surface area contributed by atoms with E-state index in [1.54, 1.807) is 24.3 Å². The topological polar surface area (TPSA) is 40.5 Å². The van der Waals surface area contributed by atoms with Gasteiger partial charge in [0, 0.05) is 0 Å². The van der Waals surface area contributed by atoms with Crippen LogP contribution in [0, 0.1) is 0 Å². The maximum atomic E-state index is 8.64. The Labute approximate surface area is 86.7 Å². The van der Waals surface area contributed by atoms with Gasteiger partial charge in [-0.25, -0.2) is 0 Å². The van der Waals surface area contributed by atoms with Gasteiger partial charge in [0.05, 0.1) is 0 Å². The van der Waals surface area contributed by atoms with Crippen molar-refractivity contribution in [2.45, 2.75) is 4.90 Å². The molecule has 0 spiro atoms. The van der Waals surface area contributed by atoms with Crippen LogP contribution in [0.2, 0.25) is 0 Å². The minimum Gasteiger partial charge on any atom is -0.780 e. The Bertz CT molecular complexity index is 214. The van der Waals surface area contributed by atoms with Gasteiger partial charge in [-0.15, -0.1) is 0 Å². The van der Waals surface area contributed by atoms with Crippen molar-refractivity contribution in [2.75, 3.05) is 0 Å². The van der Waals surface area contributed by atoms with E-state index in [0.717, 1.165) is 0 Å². The monoisotopic (exact) mass is 260 g/mol. The Morgan fingerprint density at radius 1 is 1.09 bits per heavy atom. The number of benzene rings is 1. The van der Waals surface area contributed by atoms with Crippen LogP contribution >= 0.6 is 0 Å². The molecule has 0 aliphatic rings. The van der Waals surface area contributed by atoms with E-state index >= 15 is 0 Å². The quantitative estimate of drug-likeness (QED) is 0.517. The van der Waals surface area contributed by atoms with E-state index in [0.29, 0.717) is 10.4 Å². The molecule has 0 fully saturated rings. The zero-order valence-corrected chi connectivity index (χ0v) is 7.79. The molecule has 0 bridgehead atoms. The fraction of sp³-hybridized carbons (Fsp3) is 0. The van der Waals surface area contributed by atoms with Crippen molar-refractivity contribution in [1.29, 1.82) is 0 Å². The number of rotatable bonds is 1. The Morgan fingerprint density at radius 3 is 1.91 bits per heavy atom. The molecule has 1 aromatic rings. The second kappa shape index (κ2) is 4.93. The van der Waals surface area contributed by atoms with Crippen molar-refractivity contribution in [2.24, 2.45) is 0 Å². The van der Waals surface area contributed by atoms with Crippen LogP contribution in [0.4, 0.5) is 0 Å². The molecule has 1 aromatic carbocycles. The maximum Gasteiger partial charge on any atom is 1.00 e. The summed E-state index contributed by atoms with van der Waals surface area (Å²) in [4.78, 5) is 0.699. The van der Waals surface area contributed by atoms with E-state index in [4.69, 9.17) is 22.7 Å². The molecule has 0 amide bonds. The van der Waals surface area contributed by atoms with Gasteiger partial charge in [-0.3, -0.25) is 0 Å². The molecular formula is C6H6AgBO2S. The predicted octanol–water partition coefficient (Wildman–Crippen LogP) is -0.730. The minimum atomic E-state index is -1.39. The van der Waals surface area contributed by atoms with Crippen molar-refractivity contribution < 1.29 is 32.4 Å². The van der Waals surface area contributed by atoms with Crippen molar-refractivity contribution in [3.8, 4) is 0 Å². The zero-order chi connectivity index (χ0) is 7.56. The molecule has 0 saturated carbocycles. The molecule has 0 radical (unpaired) electrons. The van der Waals surface area contributed by atoms with Crippen LogP contribution < -0.4 is 5.46 Å². The molecule has 0 aliphatic heterocycles. The SMILES string of the molecule is OB(O)c1ccc([S-])cc1.[Ag+]. The Hall–Kier alpha value is 0.165. The third-order valence-corrected chi connectivity index (χ3v) is 1.45. The van der Waals surface area contributed by atoms with Gasteiger partial charge in [0.1, 0.15) is 0 Å². The van der Waals surface area contributed by atoms with Gasteiger partial charge >= 0.3 is 29.5 Å². The summed E-state index contributed by atoms with van der Waals surface area (Å²) in [5, 5.41) is 17.3. The Kier molecular flexibility index (Phi) is 5.00. The van der Waals surface area contributed by atoms with Crippen LogP contribution in [0.5, 0.6) is 0 Å². The molecule has 0 aromatic heterocycles. The van der Waals surface area contributed by atoms with E-state index in [2.05, 4.69) is 0 Å². The average molecular weight is 261 g/mol. The molecule has 0 atom stereocenters. The summed E-state index contributed by atoms with van der Waals surface area (Å²) in [6.07, 6.45) is 0. The van der Waals surface area contributed by atoms with Crippen LogP contribution in [0.1, 0.15) is 0 Å². The van der Waals surface area contributed by atoms with Gasteiger partial charge < -0.3 is 22.7 Å². The summed E-state index contributed by atoms with van der Waals surface area (Å²) in [5.41, 5.74) is 0.466. The van der Waals surface area contributed by atoms with Gasteiger partial charge in [-0.2, -0.15) is 4.90 Å². The Balaban J connectivity index is 0.000001000. The van der Waals surface area contributed by atoms with E-state index in [1.165, 1.54) is 0 Å². The van der Waals surface area contributed by atoms with Gasteiger partial charge in [-0.05, 0) is 5.46 Å². The summed E-state index contributed by atoms with van der Waals surface area (Å²) in [5.74, 6) is 0. The van der Waals surface area contributed by atoms with Gasteiger partial charge in [0.2, 0.25) is 0 Å². The second-order valence-corrected chi connectivity index (χ2v) is 2.41. The standard InChI is InChI=1S/C6H7BO2S.Ag/c8-7(9)5-1-3-6(10)4-2-5;/h1-4,8-10H;/q;+1/p-1. The van der Waals surface area contributed by atoms with E-state index < -0.39 is 7.12 Å². The van der Waals surface area contributed by atoms with E-state index in [9.17, 15) is 0 Å². The molecule has 2 N–H and O–H groups in total. The first-order valence-corrected chi connectivity index (χ1v) is 3.24. The van der Waals surface area contributed by atoms with Crippen LogP contribution in [0.15, 0.2) is 29.2 Å². The van der Waals surface area contributed by atoms with Crippen molar-refractivity contribution >= 4 is 25.2 Å². The molecular weight excluding hydrogens is 255 g/mol. The summed E-state index contributed by atoms with van der Waals surface area (Å²) < 4.78 is 0.